The van der Waals surface area contributed by atoms with Crippen LogP contribution in [0, 0.1) is 0 Å². The molecule has 0 fully saturated rings. The summed E-state index contributed by atoms with van der Waals surface area (Å²) in [7, 11) is 0. The molecule has 1 aliphatic heterocycles. The molecule has 0 aliphatic carbocycles. The number of nitrogens with two attached hydrogens (primary N) is 1. The van der Waals surface area contributed by atoms with Crippen molar-refractivity contribution in [2.45, 2.75) is 6.42 Å². The van der Waals surface area contributed by atoms with Crippen molar-refractivity contribution in [3.05, 3.63) is 71.4 Å². The summed E-state index contributed by atoms with van der Waals surface area (Å²) in [6.07, 6.45) is 4.38. The number of carbonyl (C=O) groups is 1. The van der Waals surface area contributed by atoms with E-state index in [1.807, 2.05) is 47.4 Å². The molecule has 0 saturated carbocycles. The Morgan fingerprint density at radius 1 is 1.11 bits per heavy atom. The predicted molar refractivity (Wildman–Crippen MR) is 109 cm³/mol. The fraction of sp³-hybridized carbons (Fsp3) is 0.0952. The number of benzene rings is 1. The van der Waals surface area contributed by atoms with Gasteiger partial charge in [-0.05, 0) is 42.3 Å². The molecule has 5 nitrogen and oxygen atoms in total. The number of anilines is 2. The van der Waals surface area contributed by atoms with Crippen LogP contribution in [0.25, 0.3) is 21.5 Å². The van der Waals surface area contributed by atoms with Gasteiger partial charge in [0.1, 0.15) is 9.71 Å². The van der Waals surface area contributed by atoms with Gasteiger partial charge in [0.05, 0.1) is 11.4 Å². The number of para-hydroxylation sites is 1. The normalized spacial score (nSPS) is 13.1. The van der Waals surface area contributed by atoms with Crippen molar-refractivity contribution in [3.63, 3.8) is 0 Å². The highest BCUT2D eigenvalue weighted by Gasteiger charge is 2.28. The number of thiophene rings is 1. The summed E-state index contributed by atoms with van der Waals surface area (Å²) >= 11 is 1.35. The van der Waals surface area contributed by atoms with Crippen LogP contribution in [-0.2, 0) is 6.42 Å². The van der Waals surface area contributed by atoms with Gasteiger partial charge in [-0.15, -0.1) is 11.3 Å². The lowest BCUT2D eigenvalue weighted by atomic mass is 10.1. The molecule has 1 aromatic carbocycles. The molecule has 0 atom stereocenters. The molecule has 0 radical (unpaired) electrons. The quantitative estimate of drug-likeness (QED) is 0.574. The Bertz CT molecular complexity index is 1170. The van der Waals surface area contributed by atoms with Crippen LogP contribution in [0.2, 0.25) is 0 Å². The molecule has 1 amide bonds. The summed E-state index contributed by atoms with van der Waals surface area (Å²) in [6, 6.07) is 15.7. The lowest BCUT2D eigenvalue weighted by molar-refractivity contribution is 0.0994. The van der Waals surface area contributed by atoms with E-state index in [9.17, 15) is 4.79 Å². The molecule has 0 saturated heterocycles. The van der Waals surface area contributed by atoms with Crippen LogP contribution in [0.5, 0.6) is 0 Å². The summed E-state index contributed by atoms with van der Waals surface area (Å²) in [5, 5.41) is 0.823. The molecule has 5 rings (SSSR count). The van der Waals surface area contributed by atoms with Crippen LogP contribution >= 0.6 is 11.3 Å². The topological polar surface area (TPSA) is 72.1 Å². The number of amides is 1. The Hall–Kier alpha value is -3.25. The van der Waals surface area contributed by atoms with E-state index in [2.05, 4.69) is 11.1 Å². The second-order valence-corrected chi connectivity index (χ2v) is 7.47. The first-order chi connectivity index (χ1) is 13.2. The largest absolute Gasteiger partial charge is 0.397 e. The SMILES string of the molecule is Nc1c(C(=O)N2CCc3ccccc32)sc2nc(-c3cccnc3)ccc12. The van der Waals surface area contributed by atoms with E-state index in [4.69, 9.17) is 10.7 Å². The Morgan fingerprint density at radius 2 is 2.00 bits per heavy atom. The Balaban J connectivity index is 1.56. The maximum absolute atomic E-state index is 13.2. The average molecular weight is 372 g/mol. The van der Waals surface area contributed by atoms with Gasteiger partial charge in [-0.2, -0.15) is 0 Å². The number of hydrogen-bond acceptors (Lipinski definition) is 5. The lowest BCUT2D eigenvalue weighted by Gasteiger charge is -2.16. The van der Waals surface area contributed by atoms with E-state index < -0.39 is 0 Å². The summed E-state index contributed by atoms with van der Waals surface area (Å²) in [6.45, 7) is 0.681. The number of pyridine rings is 2. The highest BCUT2D eigenvalue weighted by molar-refractivity contribution is 7.21. The molecule has 0 bridgehead atoms. The van der Waals surface area contributed by atoms with E-state index in [1.165, 1.54) is 16.9 Å². The molecule has 2 N–H and O–H groups in total. The van der Waals surface area contributed by atoms with E-state index >= 15 is 0 Å². The average Bonchev–Trinajstić information content (AvgIpc) is 3.29. The second-order valence-electron chi connectivity index (χ2n) is 6.47. The third-order valence-corrected chi connectivity index (χ3v) is 5.98. The first-order valence-corrected chi connectivity index (χ1v) is 9.53. The fourth-order valence-electron chi connectivity index (χ4n) is 3.50. The number of aromatic nitrogens is 2. The zero-order valence-electron chi connectivity index (χ0n) is 14.4. The molecule has 3 aromatic heterocycles. The maximum Gasteiger partial charge on any atom is 0.270 e. The zero-order chi connectivity index (χ0) is 18.4. The zero-order valence-corrected chi connectivity index (χ0v) is 15.2. The predicted octanol–water partition coefficient (Wildman–Crippen LogP) is 4.14. The lowest BCUT2D eigenvalue weighted by Crippen LogP contribution is -2.28. The first kappa shape index (κ1) is 16.0. The molecular formula is C21H16N4OS. The van der Waals surface area contributed by atoms with Crippen LogP contribution in [0.1, 0.15) is 15.2 Å². The number of nitrogens with zero attached hydrogens (tertiary/aromatic N) is 3. The third kappa shape index (κ3) is 2.57. The highest BCUT2D eigenvalue weighted by Crippen LogP contribution is 2.37. The van der Waals surface area contributed by atoms with Crippen molar-refractivity contribution in [1.82, 2.24) is 9.97 Å². The number of carbonyl (C=O) groups excluding carboxylic acids is 1. The molecule has 6 heteroatoms. The summed E-state index contributed by atoms with van der Waals surface area (Å²) in [5.74, 6) is -0.0524. The molecule has 4 heterocycles. The van der Waals surface area contributed by atoms with Crippen LogP contribution in [-0.4, -0.2) is 22.4 Å². The van der Waals surface area contributed by atoms with Crippen molar-refractivity contribution in [3.8, 4) is 11.3 Å². The van der Waals surface area contributed by atoms with E-state index in [0.717, 1.165) is 33.6 Å². The van der Waals surface area contributed by atoms with Gasteiger partial charge in [0.2, 0.25) is 0 Å². The maximum atomic E-state index is 13.2. The van der Waals surface area contributed by atoms with Gasteiger partial charge in [0.25, 0.3) is 5.91 Å². The van der Waals surface area contributed by atoms with Gasteiger partial charge in [-0.1, -0.05) is 18.2 Å². The molecular weight excluding hydrogens is 356 g/mol. The molecule has 1 aliphatic rings. The molecule has 0 unspecified atom stereocenters. The van der Waals surface area contributed by atoms with Gasteiger partial charge in [0.15, 0.2) is 0 Å². The van der Waals surface area contributed by atoms with Crippen LogP contribution in [0.4, 0.5) is 11.4 Å². The summed E-state index contributed by atoms with van der Waals surface area (Å²) in [4.78, 5) is 25.2. The van der Waals surface area contributed by atoms with Gasteiger partial charge in [0, 0.05) is 35.6 Å². The number of rotatable bonds is 2. The number of hydrogen-bond donors (Lipinski definition) is 1. The van der Waals surface area contributed by atoms with E-state index in [1.54, 1.807) is 12.4 Å². The standard InChI is InChI=1S/C21H16N4OS/c22-18-15-7-8-16(14-5-3-10-23-12-14)24-20(15)27-19(18)21(26)25-11-9-13-4-1-2-6-17(13)25/h1-8,10,12H,9,11,22H2. The van der Waals surface area contributed by atoms with Crippen LogP contribution in [0.3, 0.4) is 0 Å². The Morgan fingerprint density at radius 3 is 2.85 bits per heavy atom. The highest BCUT2D eigenvalue weighted by atomic mass is 32.1. The van der Waals surface area contributed by atoms with Crippen molar-refractivity contribution in [2.24, 2.45) is 0 Å². The third-order valence-electron chi connectivity index (χ3n) is 4.88. The number of nitrogen functional groups attached to an aromatic ring is 1. The Kier molecular flexibility index (Phi) is 3.65. The van der Waals surface area contributed by atoms with Crippen LogP contribution in [0.15, 0.2) is 60.9 Å². The molecule has 4 aromatic rings. The fourth-order valence-corrected chi connectivity index (χ4v) is 4.55. The van der Waals surface area contributed by atoms with Crippen molar-refractivity contribution >= 4 is 38.8 Å². The van der Waals surface area contributed by atoms with Crippen molar-refractivity contribution in [1.29, 1.82) is 0 Å². The number of fused-ring (bicyclic) bond motifs is 2. The molecule has 132 valence electrons. The van der Waals surface area contributed by atoms with Crippen LogP contribution < -0.4 is 10.6 Å². The first-order valence-electron chi connectivity index (χ1n) is 8.71. The Labute approximate surface area is 160 Å². The monoisotopic (exact) mass is 372 g/mol. The smallest absolute Gasteiger partial charge is 0.270 e. The van der Waals surface area contributed by atoms with E-state index in [-0.39, 0.29) is 5.91 Å². The van der Waals surface area contributed by atoms with Gasteiger partial charge in [-0.25, -0.2) is 4.98 Å². The minimum absolute atomic E-state index is 0.0524. The van der Waals surface area contributed by atoms with Gasteiger partial charge < -0.3 is 10.6 Å². The van der Waals surface area contributed by atoms with Gasteiger partial charge in [-0.3, -0.25) is 9.78 Å². The van der Waals surface area contributed by atoms with Gasteiger partial charge >= 0.3 is 0 Å². The molecule has 27 heavy (non-hydrogen) atoms. The minimum Gasteiger partial charge on any atom is -0.397 e. The van der Waals surface area contributed by atoms with Crippen molar-refractivity contribution in [2.75, 3.05) is 17.2 Å². The van der Waals surface area contributed by atoms with E-state index in [0.29, 0.717) is 17.1 Å². The molecule has 0 spiro atoms. The second kappa shape index (κ2) is 6.17. The summed E-state index contributed by atoms with van der Waals surface area (Å²) < 4.78 is 0. The minimum atomic E-state index is -0.0524. The summed E-state index contributed by atoms with van der Waals surface area (Å²) in [5.41, 5.74) is 10.8. The van der Waals surface area contributed by atoms with Crippen molar-refractivity contribution < 1.29 is 4.79 Å².